The lowest BCUT2D eigenvalue weighted by Crippen LogP contribution is -2.39. The average molecular weight is 347 g/mol. The van der Waals surface area contributed by atoms with E-state index in [1.807, 2.05) is 13.8 Å². The van der Waals surface area contributed by atoms with E-state index in [1.54, 1.807) is 24.1 Å². The van der Waals surface area contributed by atoms with Crippen LogP contribution in [0.1, 0.15) is 24.2 Å². The number of carbonyl (C=O) groups is 1. The Bertz CT molecular complexity index is 535. The van der Waals surface area contributed by atoms with E-state index in [0.29, 0.717) is 35.9 Å². The van der Waals surface area contributed by atoms with Crippen LogP contribution in [0.3, 0.4) is 0 Å². The van der Waals surface area contributed by atoms with Gasteiger partial charge in [-0.05, 0) is 12.0 Å². The minimum atomic E-state index is -0.159. The van der Waals surface area contributed by atoms with Gasteiger partial charge < -0.3 is 24.8 Å². The molecule has 2 N–H and O–H groups in total. The second-order valence-corrected chi connectivity index (χ2v) is 5.94. The second kappa shape index (κ2) is 8.84. The van der Waals surface area contributed by atoms with E-state index >= 15 is 0 Å². The Kier molecular flexibility index (Phi) is 8.20. The molecule has 1 rings (SSSR count). The molecule has 0 spiro atoms. The monoisotopic (exact) mass is 346 g/mol. The predicted molar refractivity (Wildman–Crippen MR) is 93.1 cm³/mol. The number of carbonyl (C=O) groups excluding carboxylic acids is 1. The number of nitrogens with zero attached hydrogens (tertiary/aromatic N) is 1. The van der Waals surface area contributed by atoms with Crippen molar-refractivity contribution >= 4 is 18.3 Å². The molecule has 132 valence electrons. The fraction of sp³-hybridized carbons (Fsp3) is 0.562. The number of methoxy groups -OCH3 is 3. The molecule has 1 aromatic carbocycles. The third kappa shape index (κ3) is 5.18. The molecule has 0 aliphatic carbocycles. The number of amides is 1. The van der Waals surface area contributed by atoms with Crippen molar-refractivity contribution < 1.29 is 19.0 Å². The molecule has 0 unspecified atom stereocenters. The summed E-state index contributed by atoms with van der Waals surface area (Å²) in [6.45, 7) is 5.07. The van der Waals surface area contributed by atoms with Gasteiger partial charge >= 0.3 is 0 Å². The number of hydrogen-bond acceptors (Lipinski definition) is 5. The van der Waals surface area contributed by atoms with E-state index in [0.717, 1.165) is 0 Å². The van der Waals surface area contributed by atoms with Crippen LogP contribution in [0.2, 0.25) is 0 Å². The molecule has 0 aliphatic heterocycles. The number of hydrogen-bond donors (Lipinski definition) is 1. The molecule has 0 saturated carbocycles. The first-order valence-corrected chi connectivity index (χ1v) is 7.05. The number of nitrogens with two attached hydrogens (primary N) is 1. The van der Waals surface area contributed by atoms with Crippen molar-refractivity contribution in [3.63, 3.8) is 0 Å². The Morgan fingerprint density at radius 2 is 1.57 bits per heavy atom. The lowest BCUT2D eigenvalue weighted by Gasteiger charge is -2.29. The SMILES string of the molecule is COc1cc(OC)c(C(=O)N(C)CC(C)(C)CN)cc1OC.Cl. The van der Waals surface area contributed by atoms with Gasteiger partial charge in [-0.2, -0.15) is 0 Å². The van der Waals surface area contributed by atoms with Crippen molar-refractivity contribution in [2.75, 3.05) is 41.5 Å². The highest BCUT2D eigenvalue weighted by molar-refractivity contribution is 5.97. The summed E-state index contributed by atoms with van der Waals surface area (Å²) in [5.74, 6) is 1.29. The minimum absolute atomic E-state index is 0. The Morgan fingerprint density at radius 3 is 2.00 bits per heavy atom. The highest BCUT2D eigenvalue weighted by Gasteiger charge is 2.25. The summed E-state index contributed by atoms with van der Waals surface area (Å²) in [7, 11) is 6.33. The maximum absolute atomic E-state index is 12.7. The molecule has 1 amide bonds. The van der Waals surface area contributed by atoms with Crippen LogP contribution in [0, 0.1) is 5.41 Å². The van der Waals surface area contributed by atoms with Crippen molar-refractivity contribution in [2.45, 2.75) is 13.8 Å². The topological polar surface area (TPSA) is 74.0 Å². The maximum atomic E-state index is 12.7. The highest BCUT2D eigenvalue weighted by Crippen LogP contribution is 2.35. The summed E-state index contributed by atoms with van der Waals surface area (Å²) in [4.78, 5) is 14.3. The van der Waals surface area contributed by atoms with Crippen LogP contribution < -0.4 is 19.9 Å². The summed E-state index contributed by atoms with van der Waals surface area (Å²) in [6.07, 6.45) is 0. The number of benzene rings is 1. The molecule has 0 atom stereocenters. The van der Waals surface area contributed by atoms with Gasteiger partial charge in [-0.3, -0.25) is 4.79 Å². The largest absolute Gasteiger partial charge is 0.496 e. The van der Waals surface area contributed by atoms with E-state index in [4.69, 9.17) is 19.9 Å². The fourth-order valence-electron chi connectivity index (χ4n) is 2.18. The molecule has 6 nitrogen and oxygen atoms in total. The van der Waals surface area contributed by atoms with Crippen molar-refractivity contribution in [2.24, 2.45) is 11.1 Å². The average Bonchev–Trinajstić information content (AvgIpc) is 2.52. The van der Waals surface area contributed by atoms with Crippen molar-refractivity contribution in [1.82, 2.24) is 4.90 Å². The lowest BCUT2D eigenvalue weighted by molar-refractivity contribution is 0.0736. The summed E-state index contributed by atoms with van der Waals surface area (Å²) >= 11 is 0. The zero-order chi connectivity index (χ0) is 16.9. The van der Waals surface area contributed by atoms with Gasteiger partial charge in [0.15, 0.2) is 11.5 Å². The summed E-state index contributed by atoms with van der Waals surface area (Å²) in [5, 5.41) is 0. The molecule has 7 heteroatoms. The Hall–Kier alpha value is -1.66. The molecular formula is C16H27ClN2O4. The Morgan fingerprint density at radius 1 is 1.09 bits per heavy atom. The van der Waals surface area contributed by atoms with Gasteiger partial charge in [0.05, 0.1) is 26.9 Å². The smallest absolute Gasteiger partial charge is 0.257 e. The number of ether oxygens (including phenoxy) is 3. The van der Waals surface area contributed by atoms with Gasteiger partial charge in [-0.25, -0.2) is 0 Å². The molecule has 0 aromatic heterocycles. The van der Waals surface area contributed by atoms with Gasteiger partial charge in [0, 0.05) is 25.7 Å². The van der Waals surface area contributed by atoms with Crippen LogP contribution >= 0.6 is 12.4 Å². The van der Waals surface area contributed by atoms with Crippen LogP contribution in [0.15, 0.2) is 12.1 Å². The summed E-state index contributed by atoms with van der Waals surface area (Å²) in [5.41, 5.74) is 6.00. The summed E-state index contributed by atoms with van der Waals surface area (Å²) < 4.78 is 15.8. The predicted octanol–water partition coefficient (Wildman–Crippen LogP) is 2.19. The second-order valence-electron chi connectivity index (χ2n) is 5.94. The molecular weight excluding hydrogens is 320 g/mol. The van der Waals surface area contributed by atoms with Gasteiger partial charge in [-0.1, -0.05) is 13.8 Å². The Balaban J connectivity index is 0.00000484. The quantitative estimate of drug-likeness (QED) is 0.819. The minimum Gasteiger partial charge on any atom is -0.496 e. The molecule has 0 bridgehead atoms. The zero-order valence-electron chi connectivity index (χ0n) is 14.6. The van der Waals surface area contributed by atoms with Gasteiger partial charge in [-0.15, -0.1) is 12.4 Å². The molecule has 1 aromatic rings. The molecule has 0 aliphatic rings. The van der Waals surface area contributed by atoms with E-state index < -0.39 is 0 Å². The fourth-order valence-corrected chi connectivity index (χ4v) is 2.18. The first-order valence-electron chi connectivity index (χ1n) is 7.05. The molecule has 0 fully saturated rings. The van der Waals surface area contributed by atoms with Gasteiger partial charge in [0.2, 0.25) is 0 Å². The van der Waals surface area contributed by atoms with E-state index in [-0.39, 0.29) is 23.7 Å². The van der Waals surface area contributed by atoms with E-state index in [1.165, 1.54) is 21.3 Å². The number of halogens is 1. The van der Waals surface area contributed by atoms with E-state index in [2.05, 4.69) is 0 Å². The molecule has 0 saturated heterocycles. The third-order valence-electron chi connectivity index (χ3n) is 3.50. The molecule has 0 radical (unpaired) electrons. The summed E-state index contributed by atoms with van der Waals surface area (Å²) in [6, 6.07) is 3.28. The standard InChI is InChI=1S/C16H26N2O4.ClH/c1-16(2,9-17)10-18(3)15(19)11-7-13(21-5)14(22-6)8-12(11)20-4;/h7-8H,9-10,17H2,1-6H3;1H. The van der Waals surface area contributed by atoms with Crippen molar-refractivity contribution in [3.05, 3.63) is 17.7 Å². The normalized spacial score (nSPS) is 10.6. The van der Waals surface area contributed by atoms with Gasteiger partial charge in [0.25, 0.3) is 5.91 Å². The highest BCUT2D eigenvalue weighted by atomic mass is 35.5. The van der Waals surface area contributed by atoms with Crippen LogP contribution in [-0.2, 0) is 0 Å². The van der Waals surface area contributed by atoms with Crippen LogP contribution in [0.4, 0.5) is 0 Å². The molecule has 23 heavy (non-hydrogen) atoms. The Labute approximate surface area is 144 Å². The van der Waals surface area contributed by atoms with Crippen LogP contribution in [0.25, 0.3) is 0 Å². The lowest BCUT2D eigenvalue weighted by atomic mass is 9.93. The first kappa shape index (κ1) is 21.3. The first-order chi connectivity index (χ1) is 10.3. The van der Waals surface area contributed by atoms with Crippen LogP contribution in [-0.4, -0.2) is 52.3 Å². The van der Waals surface area contributed by atoms with Crippen molar-refractivity contribution in [1.29, 1.82) is 0 Å². The number of rotatable bonds is 7. The van der Waals surface area contributed by atoms with Gasteiger partial charge in [0.1, 0.15) is 5.75 Å². The molecule has 0 heterocycles. The van der Waals surface area contributed by atoms with Crippen molar-refractivity contribution in [3.8, 4) is 17.2 Å². The zero-order valence-corrected chi connectivity index (χ0v) is 15.5. The van der Waals surface area contributed by atoms with E-state index in [9.17, 15) is 4.79 Å². The third-order valence-corrected chi connectivity index (χ3v) is 3.50. The van der Waals surface area contributed by atoms with Crippen LogP contribution in [0.5, 0.6) is 17.2 Å². The maximum Gasteiger partial charge on any atom is 0.257 e.